The van der Waals surface area contributed by atoms with Gasteiger partial charge in [-0.3, -0.25) is 10.00 Å². The van der Waals surface area contributed by atoms with Gasteiger partial charge in [0.25, 0.3) is 0 Å². The molecule has 0 aliphatic carbocycles. The van der Waals surface area contributed by atoms with Gasteiger partial charge in [0.05, 0.1) is 36.0 Å². The maximum absolute atomic E-state index is 13.7. The van der Waals surface area contributed by atoms with Crippen LogP contribution >= 0.6 is 0 Å². The highest BCUT2D eigenvalue weighted by Crippen LogP contribution is 2.37. The molecule has 6 rings (SSSR count). The van der Waals surface area contributed by atoms with E-state index >= 15 is 0 Å². The van der Waals surface area contributed by atoms with E-state index in [2.05, 4.69) is 19.7 Å². The lowest BCUT2D eigenvalue weighted by Crippen LogP contribution is -2.45. The maximum Gasteiger partial charge on any atom is 0.408 e. The van der Waals surface area contributed by atoms with Gasteiger partial charge in [-0.1, -0.05) is 0 Å². The molecule has 4 heterocycles. The second-order valence-corrected chi connectivity index (χ2v) is 9.45. The fourth-order valence-corrected chi connectivity index (χ4v) is 5.07. The molecule has 36 heavy (non-hydrogen) atoms. The first-order chi connectivity index (χ1) is 17.3. The highest BCUT2D eigenvalue weighted by atomic mass is 19.1. The summed E-state index contributed by atoms with van der Waals surface area (Å²) in [7, 11) is 2.04. The molecule has 0 radical (unpaired) electrons. The predicted molar refractivity (Wildman–Crippen MR) is 127 cm³/mol. The number of imidazole rings is 1. The van der Waals surface area contributed by atoms with Crippen molar-refractivity contribution in [2.75, 3.05) is 20.1 Å². The van der Waals surface area contributed by atoms with Gasteiger partial charge in [-0.25, -0.2) is 18.6 Å². The Labute approximate surface area is 204 Å². The Morgan fingerprint density at radius 3 is 2.61 bits per heavy atom. The number of benzene rings is 2. The first-order valence-corrected chi connectivity index (χ1v) is 11.6. The van der Waals surface area contributed by atoms with Gasteiger partial charge in [0.1, 0.15) is 29.2 Å². The number of fused-ring (bicyclic) bond motifs is 2. The van der Waals surface area contributed by atoms with Crippen molar-refractivity contribution in [3.8, 4) is 17.3 Å². The van der Waals surface area contributed by atoms with Crippen LogP contribution in [0.15, 0.2) is 36.4 Å². The third-order valence-corrected chi connectivity index (χ3v) is 6.87. The molecular weight excluding hydrogens is 470 g/mol. The molecule has 1 fully saturated rings. The van der Waals surface area contributed by atoms with E-state index in [1.807, 2.05) is 19.2 Å². The summed E-state index contributed by atoms with van der Waals surface area (Å²) in [5, 5.41) is 17.8. The quantitative estimate of drug-likeness (QED) is 0.429. The summed E-state index contributed by atoms with van der Waals surface area (Å²) in [5.41, 5.74) is 3.47. The zero-order valence-corrected chi connectivity index (χ0v) is 19.7. The van der Waals surface area contributed by atoms with Gasteiger partial charge < -0.3 is 19.3 Å². The third kappa shape index (κ3) is 3.76. The summed E-state index contributed by atoms with van der Waals surface area (Å²) in [6.45, 7) is 3.93. The SMILES string of the molecule is CC(Oc1ccc2[nH]nc(-c3nc4c(n3C3CN(C)C3)CN(C(=O)O)C4)c2c1)c1cc(F)cc(F)c1. The van der Waals surface area contributed by atoms with Crippen molar-refractivity contribution in [3.05, 3.63) is 65.0 Å². The van der Waals surface area contributed by atoms with Crippen molar-refractivity contribution >= 4 is 17.0 Å². The van der Waals surface area contributed by atoms with Gasteiger partial charge in [0, 0.05) is 24.5 Å². The molecule has 11 heteroatoms. The lowest BCUT2D eigenvalue weighted by molar-refractivity contribution is 0.132. The number of nitrogens with zero attached hydrogens (tertiary/aromatic N) is 5. The molecule has 0 spiro atoms. The summed E-state index contributed by atoms with van der Waals surface area (Å²) >= 11 is 0. The van der Waals surface area contributed by atoms with Crippen LogP contribution in [-0.4, -0.2) is 60.9 Å². The van der Waals surface area contributed by atoms with Crippen LogP contribution in [0.3, 0.4) is 0 Å². The molecule has 2 aliphatic rings. The monoisotopic (exact) mass is 494 g/mol. The standard InChI is InChI=1S/C25H24F2N6O3/c1-13(14-5-15(26)7-16(27)6-14)36-18-3-4-20-19(8-18)23(30-29-20)24-28-21-11-32(25(34)35)12-22(21)33(24)17-9-31(2)10-17/h3-8,13,17H,9-12H2,1-2H3,(H,29,30)(H,34,35). The summed E-state index contributed by atoms with van der Waals surface area (Å²) in [6.07, 6.45) is -1.55. The van der Waals surface area contributed by atoms with Crippen molar-refractivity contribution in [3.63, 3.8) is 0 Å². The van der Waals surface area contributed by atoms with Crippen LogP contribution < -0.4 is 4.74 Å². The lowest BCUT2D eigenvalue weighted by Gasteiger charge is -2.38. The molecule has 1 amide bonds. The molecule has 2 aromatic carbocycles. The molecule has 2 aliphatic heterocycles. The summed E-state index contributed by atoms with van der Waals surface area (Å²) in [5.74, 6) is -0.104. The number of hydrogen-bond donors (Lipinski definition) is 2. The normalized spacial score (nSPS) is 16.8. The third-order valence-electron chi connectivity index (χ3n) is 6.87. The molecule has 4 aromatic rings. The number of carbonyl (C=O) groups is 1. The molecule has 186 valence electrons. The zero-order chi connectivity index (χ0) is 25.1. The number of halogens is 2. The van der Waals surface area contributed by atoms with Gasteiger partial charge in [-0.15, -0.1) is 0 Å². The zero-order valence-electron chi connectivity index (χ0n) is 19.7. The first-order valence-electron chi connectivity index (χ1n) is 11.6. The van der Waals surface area contributed by atoms with E-state index in [-0.39, 0.29) is 19.1 Å². The van der Waals surface area contributed by atoms with Crippen LogP contribution in [0.2, 0.25) is 0 Å². The van der Waals surface area contributed by atoms with Crippen LogP contribution in [0.1, 0.15) is 36.0 Å². The number of H-pyrrole nitrogens is 1. The van der Waals surface area contributed by atoms with Crippen molar-refractivity contribution < 1.29 is 23.4 Å². The molecule has 2 aromatic heterocycles. The average molecular weight is 495 g/mol. The second-order valence-electron chi connectivity index (χ2n) is 9.45. The van der Waals surface area contributed by atoms with E-state index in [9.17, 15) is 18.7 Å². The Hall–Kier alpha value is -3.99. The van der Waals surface area contributed by atoms with Crippen molar-refractivity contribution in [2.45, 2.75) is 32.2 Å². The summed E-state index contributed by atoms with van der Waals surface area (Å²) in [4.78, 5) is 19.9. The average Bonchev–Trinajstić information content (AvgIpc) is 3.48. The van der Waals surface area contributed by atoms with Gasteiger partial charge >= 0.3 is 6.09 Å². The summed E-state index contributed by atoms with van der Waals surface area (Å²) < 4.78 is 35.5. The maximum atomic E-state index is 13.7. The van der Waals surface area contributed by atoms with E-state index in [0.29, 0.717) is 22.8 Å². The van der Waals surface area contributed by atoms with Crippen molar-refractivity contribution in [2.24, 2.45) is 0 Å². The number of hydrogen-bond acceptors (Lipinski definition) is 5. The fraction of sp³-hybridized carbons (Fsp3) is 0.320. The van der Waals surface area contributed by atoms with Gasteiger partial charge in [-0.05, 0) is 49.9 Å². The number of aromatic amines is 1. The topological polar surface area (TPSA) is 99.5 Å². The van der Waals surface area contributed by atoms with Gasteiger partial charge in [0.15, 0.2) is 5.82 Å². The molecule has 9 nitrogen and oxygen atoms in total. The number of ether oxygens (including phenoxy) is 1. The number of rotatable bonds is 5. The number of likely N-dealkylation sites (N-methyl/N-ethyl adjacent to an activating group) is 1. The van der Waals surface area contributed by atoms with Gasteiger partial charge in [0.2, 0.25) is 0 Å². The Bertz CT molecular complexity index is 1470. The molecule has 1 unspecified atom stereocenters. The lowest BCUT2D eigenvalue weighted by atomic mass is 10.1. The predicted octanol–water partition coefficient (Wildman–Crippen LogP) is 4.32. The van der Waals surface area contributed by atoms with Crippen LogP contribution in [0.4, 0.5) is 13.6 Å². The minimum atomic E-state index is -0.967. The van der Waals surface area contributed by atoms with E-state index in [0.717, 1.165) is 41.4 Å². The Balaban J connectivity index is 1.37. The minimum Gasteiger partial charge on any atom is -0.486 e. The fourth-order valence-electron chi connectivity index (χ4n) is 5.07. The Morgan fingerprint density at radius 2 is 1.92 bits per heavy atom. The van der Waals surface area contributed by atoms with E-state index in [1.165, 1.54) is 17.0 Å². The van der Waals surface area contributed by atoms with Gasteiger partial charge in [-0.2, -0.15) is 5.10 Å². The number of carboxylic acid groups (broad SMARTS) is 1. The number of amides is 1. The second kappa shape index (κ2) is 8.30. The van der Waals surface area contributed by atoms with Crippen LogP contribution in [0.25, 0.3) is 22.4 Å². The van der Waals surface area contributed by atoms with Crippen LogP contribution in [0, 0.1) is 11.6 Å². The molecule has 0 saturated carbocycles. The Kier molecular flexibility index (Phi) is 5.18. The minimum absolute atomic E-state index is 0.170. The molecular formula is C25H24F2N6O3. The van der Waals surface area contributed by atoms with Crippen LogP contribution in [0.5, 0.6) is 5.75 Å². The number of likely N-dealkylation sites (tertiary alicyclic amines) is 1. The number of aromatic nitrogens is 4. The molecule has 2 N–H and O–H groups in total. The smallest absolute Gasteiger partial charge is 0.408 e. The Morgan fingerprint density at radius 1 is 1.17 bits per heavy atom. The molecule has 0 bridgehead atoms. The molecule has 1 atom stereocenters. The van der Waals surface area contributed by atoms with Crippen LogP contribution in [-0.2, 0) is 13.1 Å². The summed E-state index contributed by atoms with van der Waals surface area (Å²) in [6, 6.07) is 8.95. The van der Waals surface area contributed by atoms with E-state index in [4.69, 9.17) is 9.72 Å². The van der Waals surface area contributed by atoms with Crippen molar-refractivity contribution in [1.82, 2.24) is 29.5 Å². The molecule has 1 saturated heterocycles. The highest BCUT2D eigenvalue weighted by Gasteiger charge is 2.36. The van der Waals surface area contributed by atoms with E-state index in [1.54, 1.807) is 13.0 Å². The largest absolute Gasteiger partial charge is 0.486 e. The van der Waals surface area contributed by atoms with Crippen molar-refractivity contribution in [1.29, 1.82) is 0 Å². The first kappa shape index (κ1) is 22.5. The highest BCUT2D eigenvalue weighted by molar-refractivity contribution is 5.92. The van der Waals surface area contributed by atoms with E-state index < -0.39 is 23.8 Å². The number of nitrogens with one attached hydrogen (secondary N) is 1.